The van der Waals surface area contributed by atoms with Gasteiger partial charge in [-0.05, 0) is 30.5 Å². The summed E-state index contributed by atoms with van der Waals surface area (Å²) >= 11 is 0. The SMILES string of the molecule is CCc1c(C)ccc2c1NCCO2. The van der Waals surface area contributed by atoms with Crippen LogP contribution in [0, 0.1) is 6.92 Å². The highest BCUT2D eigenvalue weighted by Crippen LogP contribution is 2.33. The zero-order valence-electron chi connectivity index (χ0n) is 8.18. The molecule has 70 valence electrons. The standard InChI is InChI=1S/C11H15NO/c1-3-9-8(2)4-5-10-11(9)12-6-7-13-10/h4-5,12H,3,6-7H2,1-2H3. The fraction of sp³-hybridized carbons (Fsp3) is 0.455. The Morgan fingerprint density at radius 2 is 2.31 bits per heavy atom. The Labute approximate surface area is 78.9 Å². The van der Waals surface area contributed by atoms with Crippen LogP contribution in [0.2, 0.25) is 0 Å². The second kappa shape index (κ2) is 3.29. The van der Waals surface area contributed by atoms with Gasteiger partial charge in [0.2, 0.25) is 0 Å². The van der Waals surface area contributed by atoms with Gasteiger partial charge in [-0.1, -0.05) is 13.0 Å². The molecule has 1 aliphatic rings. The van der Waals surface area contributed by atoms with E-state index >= 15 is 0 Å². The first-order valence-corrected chi connectivity index (χ1v) is 4.82. The highest BCUT2D eigenvalue weighted by molar-refractivity contribution is 5.65. The molecule has 0 radical (unpaired) electrons. The van der Waals surface area contributed by atoms with Crippen molar-refractivity contribution in [3.63, 3.8) is 0 Å². The van der Waals surface area contributed by atoms with Gasteiger partial charge >= 0.3 is 0 Å². The molecule has 0 fully saturated rings. The van der Waals surface area contributed by atoms with Crippen LogP contribution in [-0.2, 0) is 6.42 Å². The third-order valence-electron chi connectivity index (χ3n) is 2.52. The number of benzene rings is 1. The number of hydrogen-bond acceptors (Lipinski definition) is 2. The van der Waals surface area contributed by atoms with Crippen molar-refractivity contribution in [2.24, 2.45) is 0 Å². The maximum absolute atomic E-state index is 5.56. The summed E-state index contributed by atoms with van der Waals surface area (Å²) in [6.45, 7) is 6.02. The largest absolute Gasteiger partial charge is 0.490 e. The molecule has 2 nitrogen and oxygen atoms in total. The first-order valence-electron chi connectivity index (χ1n) is 4.82. The number of fused-ring (bicyclic) bond motifs is 1. The Kier molecular flexibility index (Phi) is 2.13. The van der Waals surface area contributed by atoms with Crippen molar-refractivity contribution in [2.75, 3.05) is 18.5 Å². The molecule has 2 heteroatoms. The van der Waals surface area contributed by atoms with Crippen molar-refractivity contribution in [3.05, 3.63) is 23.3 Å². The number of hydrogen-bond donors (Lipinski definition) is 1. The number of ether oxygens (including phenoxy) is 1. The maximum atomic E-state index is 5.56. The first-order chi connectivity index (χ1) is 6.33. The van der Waals surface area contributed by atoms with E-state index in [0.29, 0.717) is 0 Å². The summed E-state index contributed by atoms with van der Waals surface area (Å²) in [6.07, 6.45) is 1.06. The zero-order chi connectivity index (χ0) is 9.26. The number of nitrogens with one attached hydrogen (secondary N) is 1. The van der Waals surface area contributed by atoms with E-state index in [1.54, 1.807) is 0 Å². The van der Waals surface area contributed by atoms with Crippen LogP contribution in [0.15, 0.2) is 12.1 Å². The van der Waals surface area contributed by atoms with Crippen molar-refractivity contribution in [1.29, 1.82) is 0 Å². The highest BCUT2D eigenvalue weighted by atomic mass is 16.5. The third-order valence-corrected chi connectivity index (χ3v) is 2.52. The zero-order valence-corrected chi connectivity index (χ0v) is 8.18. The van der Waals surface area contributed by atoms with E-state index in [-0.39, 0.29) is 0 Å². The van der Waals surface area contributed by atoms with E-state index in [0.717, 1.165) is 25.3 Å². The molecule has 0 atom stereocenters. The van der Waals surface area contributed by atoms with Crippen LogP contribution in [0.5, 0.6) is 5.75 Å². The Morgan fingerprint density at radius 1 is 1.46 bits per heavy atom. The molecule has 1 N–H and O–H groups in total. The summed E-state index contributed by atoms with van der Waals surface area (Å²) in [5, 5.41) is 3.40. The number of rotatable bonds is 1. The summed E-state index contributed by atoms with van der Waals surface area (Å²) in [4.78, 5) is 0. The lowest BCUT2D eigenvalue weighted by Gasteiger charge is -2.22. The molecule has 0 saturated heterocycles. The molecule has 2 rings (SSSR count). The van der Waals surface area contributed by atoms with Gasteiger partial charge in [-0.2, -0.15) is 0 Å². The van der Waals surface area contributed by atoms with Gasteiger partial charge in [-0.25, -0.2) is 0 Å². The van der Waals surface area contributed by atoms with Crippen molar-refractivity contribution in [2.45, 2.75) is 20.3 Å². The minimum Gasteiger partial charge on any atom is -0.490 e. The fourth-order valence-electron chi connectivity index (χ4n) is 1.84. The van der Waals surface area contributed by atoms with Crippen LogP contribution >= 0.6 is 0 Å². The van der Waals surface area contributed by atoms with Gasteiger partial charge in [0.1, 0.15) is 12.4 Å². The predicted octanol–water partition coefficient (Wildman–Crippen LogP) is 2.36. The van der Waals surface area contributed by atoms with Gasteiger partial charge < -0.3 is 10.1 Å². The Balaban J connectivity index is 2.52. The Hall–Kier alpha value is -1.18. The summed E-state index contributed by atoms with van der Waals surface area (Å²) in [6, 6.07) is 4.18. The van der Waals surface area contributed by atoms with Crippen LogP contribution in [0.3, 0.4) is 0 Å². The summed E-state index contributed by atoms with van der Waals surface area (Å²) < 4.78 is 5.56. The van der Waals surface area contributed by atoms with Crippen molar-refractivity contribution in [1.82, 2.24) is 0 Å². The molecule has 0 bridgehead atoms. The molecule has 0 amide bonds. The van der Waals surface area contributed by atoms with E-state index < -0.39 is 0 Å². The van der Waals surface area contributed by atoms with Crippen LogP contribution in [0.1, 0.15) is 18.1 Å². The second-order valence-corrected chi connectivity index (χ2v) is 3.36. The van der Waals surface area contributed by atoms with Crippen molar-refractivity contribution >= 4 is 5.69 Å². The van der Waals surface area contributed by atoms with Gasteiger partial charge in [-0.15, -0.1) is 0 Å². The van der Waals surface area contributed by atoms with E-state index in [1.807, 2.05) is 0 Å². The highest BCUT2D eigenvalue weighted by Gasteiger charge is 2.13. The van der Waals surface area contributed by atoms with E-state index in [4.69, 9.17) is 4.74 Å². The summed E-state index contributed by atoms with van der Waals surface area (Å²) in [5.74, 6) is 1.01. The average molecular weight is 177 g/mol. The maximum Gasteiger partial charge on any atom is 0.142 e. The molecule has 0 aromatic heterocycles. The lowest BCUT2D eigenvalue weighted by Crippen LogP contribution is -2.19. The van der Waals surface area contributed by atoms with Gasteiger partial charge in [0.25, 0.3) is 0 Å². The monoisotopic (exact) mass is 177 g/mol. The second-order valence-electron chi connectivity index (χ2n) is 3.36. The Morgan fingerprint density at radius 3 is 3.08 bits per heavy atom. The lowest BCUT2D eigenvalue weighted by atomic mass is 10.0. The van der Waals surface area contributed by atoms with Crippen LogP contribution < -0.4 is 10.1 Å². The number of anilines is 1. The van der Waals surface area contributed by atoms with Gasteiger partial charge in [-0.3, -0.25) is 0 Å². The molecule has 1 aromatic rings. The average Bonchev–Trinajstić information content (AvgIpc) is 2.18. The third kappa shape index (κ3) is 1.37. The van der Waals surface area contributed by atoms with Gasteiger partial charge in [0.15, 0.2) is 0 Å². The molecular weight excluding hydrogens is 162 g/mol. The molecular formula is C11H15NO. The van der Waals surface area contributed by atoms with Crippen LogP contribution in [-0.4, -0.2) is 13.2 Å². The fourth-order valence-corrected chi connectivity index (χ4v) is 1.84. The van der Waals surface area contributed by atoms with E-state index in [1.165, 1.54) is 16.8 Å². The molecule has 0 aliphatic carbocycles. The van der Waals surface area contributed by atoms with Crippen LogP contribution in [0.4, 0.5) is 5.69 Å². The van der Waals surface area contributed by atoms with Crippen LogP contribution in [0.25, 0.3) is 0 Å². The minimum absolute atomic E-state index is 0.777. The normalized spacial score (nSPS) is 14.3. The van der Waals surface area contributed by atoms with Gasteiger partial charge in [0.05, 0.1) is 5.69 Å². The summed E-state index contributed by atoms with van der Waals surface area (Å²) in [5.41, 5.74) is 3.94. The topological polar surface area (TPSA) is 21.3 Å². The Bertz CT molecular complexity index is 320. The first kappa shape index (κ1) is 8.42. The molecule has 1 heterocycles. The molecule has 13 heavy (non-hydrogen) atoms. The minimum atomic E-state index is 0.777. The predicted molar refractivity (Wildman–Crippen MR) is 54.5 cm³/mol. The quantitative estimate of drug-likeness (QED) is 0.711. The molecule has 0 spiro atoms. The lowest BCUT2D eigenvalue weighted by molar-refractivity contribution is 0.323. The molecule has 1 aliphatic heterocycles. The van der Waals surface area contributed by atoms with Gasteiger partial charge in [0, 0.05) is 6.54 Å². The molecule has 1 aromatic carbocycles. The smallest absolute Gasteiger partial charge is 0.142 e. The van der Waals surface area contributed by atoms with E-state index in [9.17, 15) is 0 Å². The van der Waals surface area contributed by atoms with Crippen molar-refractivity contribution in [3.8, 4) is 5.75 Å². The molecule has 0 unspecified atom stereocenters. The summed E-state index contributed by atoms with van der Waals surface area (Å²) in [7, 11) is 0. The number of aryl methyl sites for hydroxylation is 1. The van der Waals surface area contributed by atoms with E-state index in [2.05, 4.69) is 31.3 Å². The molecule has 0 saturated carbocycles. The van der Waals surface area contributed by atoms with Crippen molar-refractivity contribution < 1.29 is 4.74 Å².